The molecule has 2 unspecified atom stereocenters. The summed E-state index contributed by atoms with van der Waals surface area (Å²) in [6, 6.07) is 0. The molecule has 10 heteroatoms. The lowest BCUT2D eigenvalue weighted by Crippen LogP contribution is -2.16. The first-order valence-electron chi connectivity index (χ1n) is 8.47. The van der Waals surface area contributed by atoms with E-state index in [1.54, 1.807) is 17.0 Å². The normalized spacial score (nSPS) is 14.9. The summed E-state index contributed by atoms with van der Waals surface area (Å²) in [6.45, 7) is 6.74. The summed E-state index contributed by atoms with van der Waals surface area (Å²) in [5, 5.41) is 6.56. The Morgan fingerprint density at radius 2 is 2.04 bits per heavy atom. The minimum absolute atomic E-state index is 0.162. The molecule has 0 fully saturated rings. The van der Waals surface area contributed by atoms with Crippen LogP contribution in [0.2, 0.25) is 5.02 Å². The van der Waals surface area contributed by atoms with E-state index in [1.807, 2.05) is 6.92 Å². The lowest BCUT2D eigenvalue weighted by molar-refractivity contribution is 0.361. The molecule has 0 radical (unpaired) electrons. The fourth-order valence-corrected chi connectivity index (χ4v) is 5.38. The Labute approximate surface area is 162 Å². The molecular weight excluding hydrogens is 403 g/mol. The van der Waals surface area contributed by atoms with Crippen molar-refractivity contribution < 1.29 is 17.4 Å². The molecule has 1 heterocycles. The maximum absolute atomic E-state index is 13.4. The molecule has 0 spiro atoms. The molecule has 1 rings (SSSR count). The number of hydrogen-bond donors (Lipinski definition) is 0. The highest BCUT2D eigenvalue weighted by Crippen LogP contribution is 2.37. The molecule has 0 aliphatic carbocycles. The molecule has 0 saturated carbocycles. The van der Waals surface area contributed by atoms with Gasteiger partial charge in [-0.25, -0.2) is 8.89 Å². The molecule has 0 saturated heterocycles. The van der Waals surface area contributed by atoms with Gasteiger partial charge in [0.05, 0.1) is 6.61 Å². The maximum atomic E-state index is 13.4. The number of halogens is 1. The van der Waals surface area contributed by atoms with E-state index in [0.29, 0.717) is 24.6 Å². The largest absolute Gasteiger partial charge is 0.425 e. The van der Waals surface area contributed by atoms with Crippen LogP contribution >= 0.6 is 18.8 Å². The number of hydrogen-bond acceptors (Lipinski definition) is 6. The zero-order valence-corrected chi connectivity index (χ0v) is 18.6. The Morgan fingerprint density at radius 3 is 2.60 bits per heavy atom. The van der Waals surface area contributed by atoms with Gasteiger partial charge in [-0.2, -0.15) is 0 Å². The van der Waals surface area contributed by atoms with Crippen LogP contribution in [0.3, 0.4) is 0 Å². The van der Waals surface area contributed by atoms with Crippen molar-refractivity contribution in [3.8, 4) is 5.88 Å². The smallest absolute Gasteiger partial charge is 0.258 e. The average molecular weight is 431 g/mol. The molecular formula is C15H28ClN2O4PS2. The molecule has 0 aromatic carbocycles. The van der Waals surface area contributed by atoms with E-state index in [0.717, 1.165) is 25.7 Å². The number of rotatable bonds is 12. The first-order chi connectivity index (χ1) is 11.9. The van der Waals surface area contributed by atoms with Crippen LogP contribution in [0.4, 0.5) is 0 Å². The van der Waals surface area contributed by atoms with Gasteiger partial charge in [-0.15, -0.1) is 5.10 Å². The average Bonchev–Trinajstić information content (AvgIpc) is 2.88. The van der Waals surface area contributed by atoms with E-state index < -0.39 is 17.0 Å². The second-order valence-corrected chi connectivity index (χ2v) is 9.83. The van der Waals surface area contributed by atoms with Gasteiger partial charge < -0.3 is 9.05 Å². The maximum Gasteiger partial charge on any atom is 0.258 e. The van der Waals surface area contributed by atoms with Gasteiger partial charge in [0.15, 0.2) is 5.03 Å². The Hall–Kier alpha value is -0.110. The predicted molar refractivity (Wildman–Crippen MR) is 109 cm³/mol. The van der Waals surface area contributed by atoms with Gasteiger partial charge in [-0.05, 0) is 36.9 Å². The Bertz CT molecular complexity index is 687. The quantitative estimate of drug-likeness (QED) is 0.277. The molecule has 146 valence electrons. The van der Waals surface area contributed by atoms with Gasteiger partial charge in [-0.3, -0.25) is 4.18 Å². The fourth-order valence-electron chi connectivity index (χ4n) is 2.28. The number of aryl methyl sites for hydroxylation is 1. The second kappa shape index (κ2) is 11.6. The zero-order valence-electron chi connectivity index (χ0n) is 15.2. The van der Waals surface area contributed by atoms with Crippen molar-refractivity contribution in [2.45, 2.75) is 64.4 Å². The Morgan fingerprint density at radius 1 is 1.32 bits per heavy atom. The van der Waals surface area contributed by atoms with Gasteiger partial charge in [0.25, 0.3) is 5.88 Å². The monoisotopic (exact) mass is 430 g/mol. The summed E-state index contributed by atoms with van der Waals surface area (Å²) < 4.78 is 31.1. The predicted octanol–water partition coefficient (Wildman–Crippen LogP) is 4.46. The highest BCUT2D eigenvalue weighted by atomic mass is 35.5. The summed E-state index contributed by atoms with van der Waals surface area (Å²) in [4.78, 5) is 0. The van der Waals surface area contributed by atoms with Crippen LogP contribution in [0.15, 0.2) is 5.03 Å². The van der Waals surface area contributed by atoms with E-state index in [1.165, 1.54) is 7.11 Å². The van der Waals surface area contributed by atoms with Crippen LogP contribution < -0.4 is 4.52 Å². The molecule has 6 nitrogen and oxygen atoms in total. The van der Waals surface area contributed by atoms with Crippen LogP contribution in [0.1, 0.15) is 52.9 Å². The van der Waals surface area contributed by atoms with Crippen LogP contribution in [0.25, 0.3) is 0 Å². The topological polar surface area (TPSA) is 62.6 Å². The van der Waals surface area contributed by atoms with Crippen molar-refractivity contribution in [2.75, 3.05) is 13.7 Å². The lowest BCUT2D eigenvalue weighted by Gasteiger charge is -2.13. The molecule has 0 N–H and O–H groups in total. The van der Waals surface area contributed by atoms with Crippen molar-refractivity contribution in [2.24, 2.45) is 0 Å². The summed E-state index contributed by atoms with van der Waals surface area (Å²) >= 11 is 11.5. The molecule has 0 aliphatic heterocycles. The van der Waals surface area contributed by atoms with Gasteiger partial charge in [-0.1, -0.05) is 44.7 Å². The van der Waals surface area contributed by atoms with E-state index in [9.17, 15) is 4.21 Å². The lowest BCUT2D eigenvalue weighted by atomic mass is 10.2. The number of unbranched alkanes of at least 4 members (excludes halogenated alkanes) is 3. The second-order valence-electron chi connectivity index (χ2n) is 5.29. The van der Waals surface area contributed by atoms with E-state index in [2.05, 4.69) is 12.0 Å². The third kappa shape index (κ3) is 6.52. The first kappa shape index (κ1) is 22.9. The van der Waals surface area contributed by atoms with Crippen molar-refractivity contribution in [3.05, 3.63) is 5.02 Å². The van der Waals surface area contributed by atoms with Crippen molar-refractivity contribution >= 4 is 45.7 Å². The fraction of sp³-hybridized carbons (Fsp3) is 0.733. The van der Waals surface area contributed by atoms with Crippen molar-refractivity contribution in [1.82, 2.24) is 9.78 Å². The molecule has 1 aromatic rings. The van der Waals surface area contributed by atoms with Crippen molar-refractivity contribution in [3.63, 3.8) is 0 Å². The minimum atomic E-state index is -2.89. The van der Waals surface area contributed by atoms with Gasteiger partial charge in [0, 0.05) is 13.7 Å². The SMILES string of the molecule is CCC=S(=O)(OCC)c1c(Cl)c(O[PH](=S)OC)nn1CCCCCC. The third-order valence-electron chi connectivity index (χ3n) is 3.34. The number of aromatic nitrogens is 2. The zero-order chi connectivity index (χ0) is 18.9. The van der Waals surface area contributed by atoms with Gasteiger partial charge >= 0.3 is 0 Å². The summed E-state index contributed by atoms with van der Waals surface area (Å²) in [6.07, 6.45) is 4.82. The first-order valence-corrected chi connectivity index (χ1v) is 12.8. The van der Waals surface area contributed by atoms with Crippen LogP contribution in [0, 0.1) is 0 Å². The van der Waals surface area contributed by atoms with E-state index in [-0.39, 0.29) is 10.9 Å². The summed E-state index contributed by atoms with van der Waals surface area (Å²) in [5.74, 6) is 0.162. The molecule has 25 heavy (non-hydrogen) atoms. The number of nitrogens with zero attached hydrogens (tertiary/aromatic N) is 2. The van der Waals surface area contributed by atoms with Gasteiger partial charge in [0.1, 0.15) is 14.8 Å². The van der Waals surface area contributed by atoms with Gasteiger partial charge in [0.2, 0.25) is 7.15 Å². The summed E-state index contributed by atoms with van der Waals surface area (Å²) in [5.41, 5.74) is 0. The minimum Gasteiger partial charge on any atom is -0.425 e. The highest BCUT2D eigenvalue weighted by molar-refractivity contribution is 8.00. The standard InChI is InChI=1S/C15H28ClN2O4PS2/c1-5-8-9-10-11-18-15(25(19,12-6-2)21-7-3)13(16)14(17-18)22-23(24)20-4/h12,23H,5-11H2,1-4H3. The molecule has 2 atom stereocenters. The molecule has 1 aromatic heterocycles. The Kier molecular flexibility index (Phi) is 10.6. The highest BCUT2D eigenvalue weighted by Gasteiger charge is 2.26. The molecule has 0 amide bonds. The van der Waals surface area contributed by atoms with E-state index in [4.69, 9.17) is 36.6 Å². The van der Waals surface area contributed by atoms with Crippen LogP contribution in [0.5, 0.6) is 5.88 Å². The third-order valence-corrected chi connectivity index (χ3v) is 7.55. The van der Waals surface area contributed by atoms with Crippen LogP contribution in [-0.4, -0.2) is 33.1 Å². The summed E-state index contributed by atoms with van der Waals surface area (Å²) in [7, 11) is -3.34. The van der Waals surface area contributed by atoms with Crippen LogP contribution in [-0.2, 0) is 36.9 Å². The Balaban J connectivity index is 3.32. The van der Waals surface area contributed by atoms with Crippen molar-refractivity contribution in [1.29, 1.82) is 0 Å². The molecule has 0 bridgehead atoms. The van der Waals surface area contributed by atoms with E-state index >= 15 is 0 Å². The molecule has 0 aliphatic rings.